The predicted octanol–water partition coefficient (Wildman–Crippen LogP) is 0.421. The molecule has 0 aromatic heterocycles. The van der Waals surface area contributed by atoms with Gasteiger partial charge >= 0.3 is 5.97 Å². The van der Waals surface area contributed by atoms with Gasteiger partial charge in [0.1, 0.15) is 5.54 Å². The average Bonchev–Trinajstić information content (AvgIpc) is 2.11. The summed E-state index contributed by atoms with van der Waals surface area (Å²) in [5.41, 5.74) is 2.85. The summed E-state index contributed by atoms with van der Waals surface area (Å²) in [4.78, 5) is 11.1. The number of nitrogens with two attached hydrogens (primary N) is 1. The van der Waals surface area contributed by atoms with Gasteiger partial charge in [-0.3, -0.25) is 4.79 Å². The summed E-state index contributed by atoms with van der Waals surface area (Å²) in [5.74, 6) is -1.08. The van der Waals surface area contributed by atoms with Crippen molar-refractivity contribution in [3.8, 4) is 0 Å². The average molecular weight is 202 g/mol. The highest BCUT2D eigenvalue weighted by atomic mass is 16.5. The number of aliphatic carboxylic acids is 1. The SMILES string of the molecule is CC1(C)CC(N)(C(=O)O)C(C)(C)N1O. The van der Waals surface area contributed by atoms with Gasteiger partial charge in [0, 0.05) is 5.54 Å². The van der Waals surface area contributed by atoms with Gasteiger partial charge in [0.2, 0.25) is 0 Å². The Hall–Kier alpha value is -0.650. The van der Waals surface area contributed by atoms with Crippen molar-refractivity contribution in [1.82, 2.24) is 5.06 Å². The molecule has 1 saturated heterocycles. The molecule has 1 atom stereocenters. The lowest BCUT2D eigenvalue weighted by Gasteiger charge is -2.38. The predicted molar refractivity (Wildman–Crippen MR) is 51.0 cm³/mol. The van der Waals surface area contributed by atoms with Crippen LogP contribution in [0.15, 0.2) is 0 Å². The third-order valence-corrected chi connectivity index (χ3v) is 3.29. The van der Waals surface area contributed by atoms with E-state index in [2.05, 4.69) is 0 Å². The van der Waals surface area contributed by atoms with E-state index in [1.807, 2.05) is 0 Å². The minimum absolute atomic E-state index is 0.221. The normalized spacial score (nSPS) is 35.9. The largest absolute Gasteiger partial charge is 0.480 e. The first-order valence-corrected chi connectivity index (χ1v) is 4.57. The maximum absolute atomic E-state index is 11.1. The number of rotatable bonds is 1. The van der Waals surface area contributed by atoms with Gasteiger partial charge in [-0.15, -0.1) is 0 Å². The van der Waals surface area contributed by atoms with E-state index >= 15 is 0 Å². The lowest BCUT2D eigenvalue weighted by molar-refractivity contribution is -0.201. The van der Waals surface area contributed by atoms with Gasteiger partial charge in [0.25, 0.3) is 0 Å². The summed E-state index contributed by atoms with van der Waals surface area (Å²) in [5, 5.41) is 20.0. The standard InChI is InChI=1S/C9H18N2O3/c1-7(2)5-9(10,6(12)13)8(3,4)11(7)14/h14H,5,10H2,1-4H3,(H,12,13). The Labute approximate surface area is 83.5 Å². The highest BCUT2D eigenvalue weighted by Crippen LogP contribution is 2.44. The van der Waals surface area contributed by atoms with E-state index in [0.717, 1.165) is 5.06 Å². The molecular weight excluding hydrogens is 184 g/mol. The lowest BCUT2D eigenvalue weighted by Crippen LogP contribution is -2.63. The van der Waals surface area contributed by atoms with Gasteiger partial charge in [-0.05, 0) is 34.1 Å². The molecule has 4 N–H and O–H groups in total. The molecule has 14 heavy (non-hydrogen) atoms. The zero-order valence-electron chi connectivity index (χ0n) is 9.03. The molecule has 1 aliphatic rings. The molecule has 5 heteroatoms. The van der Waals surface area contributed by atoms with Crippen molar-refractivity contribution in [2.45, 2.75) is 50.7 Å². The summed E-state index contributed by atoms with van der Waals surface area (Å²) < 4.78 is 0. The summed E-state index contributed by atoms with van der Waals surface area (Å²) in [7, 11) is 0. The second-order valence-electron chi connectivity index (χ2n) is 5.14. The van der Waals surface area contributed by atoms with Crippen molar-refractivity contribution in [1.29, 1.82) is 0 Å². The number of nitrogens with zero attached hydrogens (tertiary/aromatic N) is 1. The second-order valence-corrected chi connectivity index (χ2v) is 5.14. The van der Waals surface area contributed by atoms with Crippen LogP contribution in [0.3, 0.4) is 0 Å². The Morgan fingerprint density at radius 3 is 1.93 bits per heavy atom. The van der Waals surface area contributed by atoms with Crippen molar-refractivity contribution in [2.75, 3.05) is 0 Å². The molecule has 0 radical (unpaired) electrons. The molecule has 0 aliphatic carbocycles. The van der Waals surface area contributed by atoms with E-state index in [1.165, 1.54) is 0 Å². The molecule has 0 bridgehead atoms. The van der Waals surface area contributed by atoms with Crippen LogP contribution in [0.5, 0.6) is 0 Å². The fraction of sp³-hybridized carbons (Fsp3) is 0.889. The first kappa shape index (κ1) is 11.4. The first-order chi connectivity index (χ1) is 6.06. The molecule has 0 aromatic rings. The molecule has 0 saturated carbocycles. The van der Waals surface area contributed by atoms with Crippen LogP contribution in [0.1, 0.15) is 34.1 Å². The molecule has 1 heterocycles. The van der Waals surface area contributed by atoms with Gasteiger partial charge in [0.05, 0.1) is 5.54 Å². The smallest absolute Gasteiger partial charge is 0.325 e. The van der Waals surface area contributed by atoms with Crippen molar-refractivity contribution >= 4 is 5.97 Å². The summed E-state index contributed by atoms with van der Waals surface area (Å²) in [6.07, 6.45) is 0.221. The number of carboxylic acid groups (broad SMARTS) is 1. The quantitative estimate of drug-likeness (QED) is 0.573. The molecule has 82 valence electrons. The second kappa shape index (κ2) is 2.68. The van der Waals surface area contributed by atoms with E-state index in [-0.39, 0.29) is 6.42 Å². The van der Waals surface area contributed by atoms with Crippen LogP contribution in [0, 0.1) is 0 Å². The lowest BCUT2D eigenvalue weighted by atomic mass is 9.80. The third kappa shape index (κ3) is 1.16. The minimum atomic E-state index is -1.41. The maximum Gasteiger partial charge on any atom is 0.325 e. The zero-order valence-corrected chi connectivity index (χ0v) is 9.03. The van der Waals surface area contributed by atoms with Crippen LogP contribution in [-0.2, 0) is 4.79 Å². The van der Waals surface area contributed by atoms with Crippen LogP contribution in [0.4, 0.5) is 0 Å². The molecule has 1 aliphatic heterocycles. The fourth-order valence-electron chi connectivity index (χ4n) is 2.26. The van der Waals surface area contributed by atoms with Crippen molar-refractivity contribution in [3.05, 3.63) is 0 Å². The van der Waals surface area contributed by atoms with Gasteiger partial charge in [-0.25, -0.2) is 0 Å². The van der Waals surface area contributed by atoms with E-state index in [4.69, 9.17) is 10.8 Å². The van der Waals surface area contributed by atoms with E-state index in [9.17, 15) is 10.0 Å². The number of carbonyl (C=O) groups is 1. The maximum atomic E-state index is 11.1. The zero-order chi connectivity index (χ0) is 11.4. The number of carboxylic acids is 1. The van der Waals surface area contributed by atoms with Gasteiger partial charge in [-0.2, -0.15) is 5.06 Å². The number of hydrogen-bond acceptors (Lipinski definition) is 4. The first-order valence-electron chi connectivity index (χ1n) is 4.57. The van der Waals surface area contributed by atoms with Gasteiger partial charge in [-0.1, -0.05) is 0 Å². The van der Waals surface area contributed by atoms with Crippen molar-refractivity contribution < 1.29 is 15.1 Å². The van der Waals surface area contributed by atoms with Crippen LogP contribution in [0.2, 0.25) is 0 Å². The summed E-state index contributed by atoms with van der Waals surface area (Å²) in [6, 6.07) is 0. The molecule has 0 spiro atoms. The van der Waals surface area contributed by atoms with E-state index < -0.39 is 22.6 Å². The molecular formula is C9H18N2O3. The van der Waals surface area contributed by atoms with Crippen LogP contribution < -0.4 is 5.73 Å². The Balaban J connectivity index is 3.21. The molecule has 0 amide bonds. The molecule has 1 fully saturated rings. The Morgan fingerprint density at radius 2 is 1.79 bits per heavy atom. The van der Waals surface area contributed by atoms with Gasteiger partial charge in [0.15, 0.2) is 0 Å². The topological polar surface area (TPSA) is 86.8 Å². The number of hydroxylamine groups is 2. The van der Waals surface area contributed by atoms with Crippen LogP contribution in [0.25, 0.3) is 0 Å². The molecule has 1 unspecified atom stereocenters. The highest BCUT2D eigenvalue weighted by molar-refractivity contribution is 5.81. The van der Waals surface area contributed by atoms with Crippen molar-refractivity contribution in [2.24, 2.45) is 5.73 Å². The number of hydrogen-bond donors (Lipinski definition) is 3. The molecule has 5 nitrogen and oxygen atoms in total. The molecule has 0 aromatic carbocycles. The van der Waals surface area contributed by atoms with E-state index in [1.54, 1.807) is 27.7 Å². The Morgan fingerprint density at radius 1 is 1.36 bits per heavy atom. The highest BCUT2D eigenvalue weighted by Gasteiger charge is 2.63. The van der Waals surface area contributed by atoms with Gasteiger partial charge < -0.3 is 16.0 Å². The third-order valence-electron chi connectivity index (χ3n) is 3.29. The van der Waals surface area contributed by atoms with E-state index in [0.29, 0.717) is 0 Å². The Bertz CT molecular complexity index is 275. The Kier molecular flexibility index (Phi) is 2.19. The van der Waals surface area contributed by atoms with Crippen LogP contribution >= 0.6 is 0 Å². The van der Waals surface area contributed by atoms with Crippen molar-refractivity contribution in [3.63, 3.8) is 0 Å². The molecule has 1 rings (SSSR count). The van der Waals surface area contributed by atoms with Crippen LogP contribution in [-0.4, -0.2) is 38.0 Å². The summed E-state index contributed by atoms with van der Waals surface area (Å²) in [6.45, 7) is 6.81. The fourth-order valence-corrected chi connectivity index (χ4v) is 2.26. The monoisotopic (exact) mass is 202 g/mol. The minimum Gasteiger partial charge on any atom is -0.480 e. The summed E-state index contributed by atoms with van der Waals surface area (Å²) >= 11 is 0.